The van der Waals surface area contributed by atoms with Gasteiger partial charge in [-0.05, 0) is 17.8 Å². The quantitative estimate of drug-likeness (QED) is 0.809. The van der Waals surface area contributed by atoms with Gasteiger partial charge in [0.2, 0.25) is 5.91 Å². The summed E-state index contributed by atoms with van der Waals surface area (Å²) in [6.45, 7) is 6.79. The molecule has 1 saturated heterocycles. The highest BCUT2D eigenvalue weighted by atomic mass is 16.4. The van der Waals surface area contributed by atoms with E-state index >= 15 is 0 Å². The molecule has 1 rings (SSSR count). The highest BCUT2D eigenvalue weighted by molar-refractivity contribution is 5.94. The summed E-state index contributed by atoms with van der Waals surface area (Å²) >= 11 is 0. The molecule has 0 aromatic carbocycles. The van der Waals surface area contributed by atoms with Crippen LogP contribution in [0.2, 0.25) is 0 Å². The van der Waals surface area contributed by atoms with Gasteiger partial charge in [-0.25, -0.2) is 4.79 Å². The normalized spacial score (nSPS) is 19.3. The Bertz CT molecular complexity index is 379. The number of rotatable bonds is 4. The molecular formula is C13H22N2O4. The van der Waals surface area contributed by atoms with Crippen molar-refractivity contribution in [2.75, 3.05) is 13.1 Å². The molecule has 1 heterocycles. The molecule has 0 bridgehead atoms. The van der Waals surface area contributed by atoms with E-state index in [-0.39, 0.29) is 18.9 Å². The summed E-state index contributed by atoms with van der Waals surface area (Å²) in [5, 5.41) is 11.1. The van der Waals surface area contributed by atoms with Crippen molar-refractivity contribution in [3.8, 4) is 0 Å². The van der Waals surface area contributed by atoms with E-state index in [1.54, 1.807) is 18.7 Å². The van der Waals surface area contributed by atoms with Crippen molar-refractivity contribution >= 4 is 17.9 Å². The number of carboxylic acid groups (broad SMARTS) is 1. The molecule has 0 radical (unpaired) electrons. The molecule has 1 atom stereocenters. The average molecular weight is 270 g/mol. The molecule has 108 valence electrons. The lowest BCUT2D eigenvalue weighted by Gasteiger charge is -2.22. The van der Waals surface area contributed by atoms with Crippen molar-refractivity contribution in [2.45, 2.75) is 40.0 Å². The van der Waals surface area contributed by atoms with Gasteiger partial charge in [0.1, 0.15) is 0 Å². The lowest BCUT2D eigenvalue weighted by atomic mass is 9.85. The van der Waals surface area contributed by atoms with Crippen molar-refractivity contribution in [3.63, 3.8) is 0 Å². The van der Waals surface area contributed by atoms with Gasteiger partial charge in [-0.15, -0.1) is 0 Å². The predicted molar refractivity (Wildman–Crippen MR) is 69.5 cm³/mol. The van der Waals surface area contributed by atoms with E-state index < -0.39 is 17.3 Å². The monoisotopic (exact) mass is 270 g/mol. The van der Waals surface area contributed by atoms with Gasteiger partial charge in [-0.1, -0.05) is 20.8 Å². The standard InChI is InChI=1S/C13H22N2O4/c1-9-4-5-15(8-9)12(19)14-10(16)6-13(2,3)7-11(17)18/h9H,4-8H2,1-3H3,(H,17,18)(H,14,16,19). The fourth-order valence-corrected chi connectivity index (χ4v) is 2.27. The minimum absolute atomic E-state index is 0.0223. The van der Waals surface area contributed by atoms with Gasteiger partial charge < -0.3 is 10.0 Å². The third-order valence-corrected chi connectivity index (χ3v) is 3.23. The SMILES string of the molecule is CC1CCN(C(=O)NC(=O)CC(C)(C)CC(=O)O)C1. The maximum absolute atomic E-state index is 11.8. The van der Waals surface area contributed by atoms with Crippen molar-refractivity contribution in [1.82, 2.24) is 10.2 Å². The van der Waals surface area contributed by atoms with Crippen LogP contribution in [0.1, 0.15) is 40.0 Å². The molecule has 0 aromatic rings. The first-order valence-electron chi connectivity index (χ1n) is 6.50. The third kappa shape index (κ3) is 5.28. The first-order valence-corrected chi connectivity index (χ1v) is 6.50. The second-order valence-electron chi connectivity index (χ2n) is 6.10. The maximum Gasteiger partial charge on any atom is 0.324 e. The fraction of sp³-hybridized carbons (Fsp3) is 0.769. The molecule has 1 aliphatic heterocycles. The molecule has 6 nitrogen and oxygen atoms in total. The van der Waals surface area contributed by atoms with Crippen LogP contribution in [0.3, 0.4) is 0 Å². The predicted octanol–water partition coefficient (Wildman–Crippen LogP) is 1.46. The minimum atomic E-state index is -0.947. The topological polar surface area (TPSA) is 86.7 Å². The third-order valence-electron chi connectivity index (χ3n) is 3.23. The summed E-state index contributed by atoms with van der Waals surface area (Å²) < 4.78 is 0. The smallest absolute Gasteiger partial charge is 0.324 e. The molecular weight excluding hydrogens is 248 g/mol. The second kappa shape index (κ2) is 6.04. The van der Waals surface area contributed by atoms with Crippen LogP contribution in [0.25, 0.3) is 0 Å². The maximum atomic E-state index is 11.8. The van der Waals surface area contributed by atoms with E-state index in [9.17, 15) is 14.4 Å². The van der Waals surface area contributed by atoms with Crippen LogP contribution >= 0.6 is 0 Å². The number of imide groups is 1. The Kier molecular flexibility index (Phi) is 4.91. The van der Waals surface area contributed by atoms with Gasteiger partial charge in [-0.2, -0.15) is 0 Å². The number of carbonyl (C=O) groups is 3. The van der Waals surface area contributed by atoms with Crippen LogP contribution in [0.5, 0.6) is 0 Å². The first-order chi connectivity index (χ1) is 8.69. The molecule has 0 aromatic heterocycles. The van der Waals surface area contributed by atoms with E-state index in [2.05, 4.69) is 12.2 Å². The Morgan fingerprint density at radius 2 is 1.95 bits per heavy atom. The Morgan fingerprint density at radius 3 is 2.42 bits per heavy atom. The summed E-state index contributed by atoms with van der Waals surface area (Å²) in [5.41, 5.74) is -0.658. The summed E-state index contributed by atoms with van der Waals surface area (Å²) in [4.78, 5) is 35.8. The minimum Gasteiger partial charge on any atom is -0.481 e. The van der Waals surface area contributed by atoms with Crippen LogP contribution in [0.15, 0.2) is 0 Å². The Morgan fingerprint density at radius 1 is 1.32 bits per heavy atom. The van der Waals surface area contributed by atoms with Gasteiger partial charge in [0.25, 0.3) is 0 Å². The largest absolute Gasteiger partial charge is 0.481 e. The number of hydrogen-bond donors (Lipinski definition) is 2. The summed E-state index contributed by atoms with van der Waals surface area (Å²) in [7, 11) is 0. The van der Waals surface area contributed by atoms with Crippen molar-refractivity contribution in [2.24, 2.45) is 11.3 Å². The van der Waals surface area contributed by atoms with Gasteiger partial charge in [0, 0.05) is 19.5 Å². The van der Waals surface area contributed by atoms with Crippen LogP contribution < -0.4 is 5.32 Å². The fourth-order valence-electron chi connectivity index (χ4n) is 2.27. The summed E-state index contributed by atoms with van der Waals surface area (Å²) in [6.07, 6.45) is 0.871. The molecule has 1 unspecified atom stereocenters. The lowest BCUT2D eigenvalue weighted by Crippen LogP contribution is -2.43. The lowest BCUT2D eigenvalue weighted by molar-refractivity contribution is -0.139. The highest BCUT2D eigenvalue weighted by Gasteiger charge is 2.28. The van der Waals surface area contributed by atoms with Crippen molar-refractivity contribution in [3.05, 3.63) is 0 Å². The molecule has 0 aliphatic carbocycles. The number of carboxylic acids is 1. The number of amides is 3. The van der Waals surface area contributed by atoms with Gasteiger partial charge >= 0.3 is 12.0 Å². The molecule has 2 N–H and O–H groups in total. The molecule has 1 aliphatic rings. The summed E-state index contributed by atoms with van der Waals surface area (Å²) in [5.74, 6) is -0.905. The first kappa shape index (κ1) is 15.5. The van der Waals surface area contributed by atoms with Crippen LogP contribution in [-0.4, -0.2) is 41.0 Å². The zero-order valence-corrected chi connectivity index (χ0v) is 11.7. The Balaban J connectivity index is 2.42. The van der Waals surface area contributed by atoms with Gasteiger partial charge in [0.15, 0.2) is 0 Å². The highest BCUT2D eigenvalue weighted by Crippen LogP contribution is 2.24. The number of nitrogens with zero attached hydrogens (tertiary/aromatic N) is 1. The van der Waals surface area contributed by atoms with E-state index in [0.29, 0.717) is 19.0 Å². The van der Waals surface area contributed by atoms with Crippen molar-refractivity contribution < 1.29 is 19.5 Å². The molecule has 1 fully saturated rings. The number of likely N-dealkylation sites (tertiary alicyclic amines) is 1. The van der Waals surface area contributed by atoms with E-state index in [1.165, 1.54) is 0 Å². The van der Waals surface area contributed by atoms with Crippen LogP contribution in [-0.2, 0) is 9.59 Å². The number of nitrogens with one attached hydrogen (secondary N) is 1. The Labute approximate surface area is 113 Å². The molecule has 3 amide bonds. The average Bonchev–Trinajstić information content (AvgIpc) is 2.61. The van der Waals surface area contributed by atoms with E-state index in [0.717, 1.165) is 6.42 Å². The number of hydrogen-bond acceptors (Lipinski definition) is 3. The zero-order valence-electron chi connectivity index (χ0n) is 11.7. The number of aliphatic carboxylic acids is 1. The molecule has 0 spiro atoms. The Hall–Kier alpha value is -1.59. The van der Waals surface area contributed by atoms with Crippen LogP contribution in [0.4, 0.5) is 4.79 Å². The number of carbonyl (C=O) groups excluding carboxylic acids is 2. The van der Waals surface area contributed by atoms with Gasteiger partial charge in [-0.3, -0.25) is 14.9 Å². The zero-order chi connectivity index (χ0) is 14.6. The molecule has 6 heteroatoms. The molecule has 0 saturated carbocycles. The molecule has 19 heavy (non-hydrogen) atoms. The summed E-state index contributed by atoms with van der Waals surface area (Å²) in [6, 6.07) is -0.375. The second-order valence-corrected chi connectivity index (χ2v) is 6.10. The van der Waals surface area contributed by atoms with Crippen molar-refractivity contribution in [1.29, 1.82) is 0 Å². The number of urea groups is 1. The van der Waals surface area contributed by atoms with E-state index in [4.69, 9.17) is 5.11 Å². The van der Waals surface area contributed by atoms with Crippen LogP contribution in [0, 0.1) is 11.3 Å². The van der Waals surface area contributed by atoms with Gasteiger partial charge in [0.05, 0.1) is 6.42 Å². The van der Waals surface area contributed by atoms with E-state index in [1.807, 2.05) is 0 Å².